The van der Waals surface area contributed by atoms with E-state index in [4.69, 9.17) is 5.73 Å². The van der Waals surface area contributed by atoms with E-state index in [1.54, 1.807) is 12.1 Å². The summed E-state index contributed by atoms with van der Waals surface area (Å²) in [6, 6.07) is 13.5. The predicted octanol–water partition coefficient (Wildman–Crippen LogP) is 3.78. The van der Waals surface area contributed by atoms with Crippen molar-refractivity contribution in [3.63, 3.8) is 0 Å². The maximum absolute atomic E-state index is 11.3. The van der Waals surface area contributed by atoms with E-state index in [9.17, 15) is 4.79 Å². The third kappa shape index (κ3) is 3.13. The van der Waals surface area contributed by atoms with E-state index in [0.717, 1.165) is 17.8 Å². The molecule has 0 heterocycles. The zero-order valence-electron chi connectivity index (χ0n) is 11.2. The fourth-order valence-electron chi connectivity index (χ4n) is 1.87. The Morgan fingerprint density at radius 2 is 1.84 bits per heavy atom. The van der Waals surface area contributed by atoms with Crippen molar-refractivity contribution in [3.05, 3.63) is 53.6 Å². The Balaban J connectivity index is 2.20. The molecule has 2 rings (SSSR count). The highest BCUT2D eigenvalue weighted by atomic mass is 16.1. The van der Waals surface area contributed by atoms with Crippen molar-refractivity contribution in [1.82, 2.24) is 0 Å². The molecule has 0 amide bonds. The van der Waals surface area contributed by atoms with Crippen LogP contribution in [-0.2, 0) is 6.42 Å². The number of ketones is 1. The van der Waals surface area contributed by atoms with E-state index in [1.165, 1.54) is 12.5 Å². The van der Waals surface area contributed by atoms with Crippen LogP contribution in [0.5, 0.6) is 0 Å². The average Bonchev–Trinajstić information content (AvgIpc) is 2.41. The van der Waals surface area contributed by atoms with Crippen LogP contribution in [0.25, 0.3) is 0 Å². The highest BCUT2D eigenvalue weighted by Crippen LogP contribution is 2.24. The Bertz CT molecular complexity index is 588. The number of nitrogens with two attached hydrogens (primary N) is 1. The summed E-state index contributed by atoms with van der Waals surface area (Å²) >= 11 is 0. The van der Waals surface area contributed by atoms with Gasteiger partial charge in [-0.25, -0.2) is 0 Å². The Morgan fingerprint density at radius 1 is 1.16 bits per heavy atom. The molecular weight excluding hydrogens is 236 g/mol. The standard InChI is InChI=1S/C16H18N2O/c1-3-12-4-7-14(8-5-12)18-16-9-6-13(11(2)19)10-15(16)17/h4-10,18H,3,17H2,1-2H3. The van der Waals surface area contributed by atoms with E-state index in [0.29, 0.717) is 11.3 Å². The number of aryl methyl sites for hydroxylation is 1. The second-order valence-electron chi connectivity index (χ2n) is 4.53. The van der Waals surface area contributed by atoms with Crippen LogP contribution in [0.4, 0.5) is 17.1 Å². The van der Waals surface area contributed by atoms with Crippen LogP contribution >= 0.6 is 0 Å². The first-order chi connectivity index (χ1) is 9.10. The molecular formula is C16H18N2O. The topological polar surface area (TPSA) is 55.1 Å². The summed E-state index contributed by atoms with van der Waals surface area (Å²) in [7, 11) is 0. The normalized spacial score (nSPS) is 10.2. The van der Waals surface area contributed by atoms with Gasteiger partial charge in [0.05, 0.1) is 11.4 Å². The minimum Gasteiger partial charge on any atom is -0.397 e. The third-order valence-corrected chi connectivity index (χ3v) is 3.10. The molecule has 0 bridgehead atoms. The number of anilines is 3. The lowest BCUT2D eigenvalue weighted by atomic mass is 10.1. The molecule has 0 atom stereocenters. The number of nitrogens with one attached hydrogen (secondary N) is 1. The molecule has 0 fully saturated rings. The van der Waals surface area contributed by atoms with Gasteiger partial charge in [-0.1, -0.05) is 19.1 Å². The van der Waals surface area contributed by atoms with Crippen molar-refractivity contribution in [2.24, 2.45) is 0 Å². The van der Waals surface area contributed by atoms with Crippen molar-refractivity contribution < 1.29 is 4.79 Å². The monoisotopic (exact) mass is 254 g/mol. The van der Waals surface area contributed by atoms with E-state index >= 15 is 0 Å². The zero-order chi connectivity index (χ0) is 13.8. The van der Waals surface area contributed by atoms with Crippen LogP contribution in [0, 0.1) is 0 Å². The van der Waals surface area contributed by atoms with Crippen LogP contribution in [0.1, 0.15) is 29.8 Å². The second kappa shape index (κ2) is 5.57. The van der Waals surface area contributed by atoms with E-state index < -0.39 is 0 Å². The van der Waals surface area contributed by atoms with Gasteiger partial charge in [0.1, 0.15) is 0 Å². The number of carbonyl (C=O) groups excluding carboxylic acids is 1. The maximum atomic E-state index is 11.3. The van der Waals surface area contributed by atoms with Gasteiger partial charge in [-0.3, -0.25) is 4.79 Å². The van der Waals surface area contributed by atoms with Gasteiger partial charge in [0.25, 0.3) is 0 Å². The summed E-state index contributed by atoms with van der Waals surface area (Å²) in [6.45, 7) is 3.66. The molecule has 0 spiro atoms. The lowest BCUT2D eigenvalue weighted by Crippen LogP contribution is -1.99. The Hall–Kier alpha value is -2.29. The molecule has 98 valence electrons. The second-order valence-corrected chi connectivity index (χ2v) is 4.53. The number of rotatable bonds is 4. The van der Waals surface area contributed by atoms with Crippen LogP contribution in [0.15, 0.2) is 42.5 Å². The van der Waals surface area contributed by atoms with E-state index in [2.05, 4.69) is 24.4 Å². The molecule has 0 aromatic heterocycles. The van der Waals surface area contributed by atoms with Crippen LogP contribution in [-0.4, -0.2) is 5.78 Å². The molecule has 3 N–H and O–H groups in total. The number of hydrogen-bond acceptors (Lipinski definition) is 3. The van der Waals surface area contributed by atoms with Gasteiger partial charge >= 0.3 is 0 Å². The van der Waals surface area contributed by atoms with Crippen molar-refractivity contribution in [1.29, 1.82) is 0 Å². The summed E-state index contributed by atoms with van der Waals surface area (Å²) in [6.07, 6.45) is 1.02. The number of carbonyl (C=O) groups is 1. The highest BCUT2D eigenvalue weighted by Gasteiger charge is 2.04. The number of Topliss-reactive ketones (excluding diaryl/α,β-unsaturated/α-hetero) is 1. The molecule has 0 saturated heterocycles. The first-order valence-electron chi connectivity index (χ1n) is 6.36. The van der Waals surface area contributed by atoms with Crippen molar-refractivity contribution in [3.8, 4) is 0 Å². The molecule has 3 nitrogen and oxygen atoms in total. The molecule has 0 saturated carbocycles. The van der Waals surface area contributed by atoms with Crippen LogP contribution < -0.4 is 11.1 Å². The summed E-state index contributed by atoms with van der Waals surface area (Å²) < 4.78 is 0. The SMILES string of the molecule is CCc1ccc(Nc2ccc(C(C)=O)cc2N)cc1. The molecule has 0 aliphatic rings. The van der Waals surface area contributed by atoms with Gasteiger partial charge in [-0.15, -0.1) is 0 Å². The molecule has 2 aromatic carbocycles. The first-order valence-corrected chi connectivity index (χ1v) is 6.36. The van der Waals surface area contributed by atoms with Gasteiger partial charge < -0.3 is 11.1 Å². The Kier molecular flexibility index (Phi) is 3.85. The average molecular weight is 254 g/mol. The van der Waals surface area contributed by atoms with Crippen molar-refractivity contribution >= 4 is 22.8 Å². The van der Waals surface area contributed by atoms with Crippen molar-refractivity contribution in [2.45, 2.75) is 20.3 Å². The first kappa shape index (κ1) is 13.1. The minimum absolute atomic E-state index is 0.0190. The molecule has 0 radical (unpaired) electrons. The molecule has 0 aliphatic carbocycles. The summed E-state index contributed by atoms with van der Waals surface area (Å²) in [5.74, 6) is 0.0190. The summed E-state index contributed by atoms with van der Waals surface area (Å²) in [5, 5.41) is 3.25. The number of nitrogen functional groups attached to an aromatic ring is 1. The lowest BCUT2D eigenvalue weighted by molar-refractivity contribution is 0.101. The highest BCUT2D eigenvalue weighted by molar-refractivity contribution is 5.96. The minimum atomic E-state index is 0.0190. The number of benzene rings is 2. The summed E-state index contributed by atoms with van der Waals surface area (Å²) in [4.78, 5) is 11.3. The van der Waals surface area contributed by atoms with Gasteiger partial charge in [-0.05, 0) is 49.2 Å². The molecule has 0 aliphatic heterocycles. The van der Waals surface area contributed by atoms with Gasteiger partial charge in [0, 0.05) is 11.3 Å². The maximum Gasteiger partial charge on any atom is 0.159 e. The molecule has 0 unspecified atom stereocenters. The molecule has 3 heteroatoms. The molecule has 19 heavy (non-hydrogen) atoms. The fourth-order valence-corrected chi connectivity index (χ4v) is 1.87. The fraction of sp³-hybridized carbons (Fsp3) is 0.188. The van der Waals surface area contributed by atoms with Crippen LogP contribution in [0.2, 0.25) is 0 Å². The predicted molar refractivity (Wildman–Crippen MR) is 80.0 cm³/mol. The van der Waals surface area contributed by atoms with E-state index in [-0.39, 0.29) is 5.78 Å². The quantitative estimate of drug-likeness (QED) is 0.645. The smallest absolute Gasteiger partial charge is 0.159 e. The van der Waals surface area contributed by atoms with E-state index in [1.807, 2.05) is 18.2 Å². The van der Waals surface area contributed by atoms with Gasteiger partial charge in [0.2, 0.25) is 0 Å². The van der Waals surface area contributed by atoms with Crippen molar-refractivity contribution in [2.75, 3.05) is 11.1 Å². The Labute approximate surface area is 113 Å². The van der Waals surface area contributed by atoms with Gasteiger partial charge in [-0.2, -0.15) is 0 Å². The largest absolute Gasteiger partial charge is 0.397 e. The number of hydrogen-bond donors (Lipinski definition) is 2. The lowest BCUT2D eigenvalue weighted by Gasteiger charge is -2.10. The third-order valence-electron chi connectivity index (χ3n) is 3.10. The van der Waals surface area contributed by atoms with Gasteiger partial charge in [0.15, 0.2) is 5.78 Å². The summed E-state index contributed by atoms with van der Waals surface area (Å²) in [5.41, 5.74) is 10.3. The molecule has 2 aromatic rings. The van der Waals surface area contributed by atoms with Crippen LogP contribution in [0.3, 0.4) is 0 Å². The zero-order valence-corrected chi connectivity index (χ0v) is 11.2. The Morgan fingerprint density at radius 3 is 2.37 bits per heavy atom.